The molecule has 3 rings (SSSR count). The lowest BCUT2D eigenvalue weighted by Crippen LogP contribution is -2.15. The molecule has 0 aliphatic carbocycles. The summed E-state index contributed by atoms with van der Waals surface area (Å²) in [5.41, 5.74) is 1.21. The van der Waals surface area contributed by atoms with E-state index < -0.39 is 5.97 Å². The predicted molar refractivity (Wildman–Crippen MR) is 106 cm³/mol. The van der Waals surface area contributed by atoms with E-state index in [9.17, 15) is 14.7 Å². The highest BCUT2D eigenvalue weighted by Crippen LogP contribution is 2.23. The minimum atomic E-state index is -0.753. The van der Waals surface area contributed by atoms with E-state index >= 15 is 0 Å². The zero-order chi connectivity index (χ0) is 20.8. The maximum absolute atomic E-state index is 12.2. The highest BCUT2D eigenvalue weighted by atomic mass is 16.5. The van der Waals surface area contributed by atoms with Gasteiger partial charge in [0.15, 0.2) is 5.82 Å². The van der Waals surface area contributed by atoms with Crippen molar-refractivity contribution in [2.24, 2.45) is 10.2 Å². The van der Waals surface area contributed by atoms with E-state index in [0.29, 0.717) is 22.8 Å². The van der Waals surface area contributed by atoms with Gasteiger partial charge < -0.3 is 9.84 Å². The molecule has 0 bridgehead atoms. The summed E-state index contributed by atoms with van der Waals surface area (Å²) >= 11 is 0. The van der Waals surface area contributed by atoms with Gasteiger partial charge >= 0.3 is 11.7 Å². The average molecular weight is 393 g/mol. The zero-order valence-corrected chi connectivity index (χ0v) is 15.9. The molecule has 148 valence electrons. The van der Waals surface area contributed by atoms with Crippen molar-refractivity contribution in [3.63, 3.8) is 0 Å². The fourth-order valence-electron chi connectivity index (χ4n) is 2.55. The third kappa shape index (κ3) is 4.46. The zero-order valence-electron chi connectivity index (χ0n) is 15.9. The third-order valence-electron chi connectivity index (χ3n) is 3.89. The average Bonchev–Trinajstić information content (AvgIpc) is 3.10. The first-order chi connectivity index (χ1) is 14.0. The largest absolute Gasteiger partial charge is 0.510 e. The summed E-state index contributed by atoms with van der Waals surface area (Å²) in [6, 6.07) is 15.9. The van der Waals surface area contributed by atoms with Crippen molar-refractivity contribution in [3.05, 3.63) is 76.5 Å². The van der Waals surface area contributed by atoms with Gasteiger partial charge in [-0.1, -0.05) is 18.2 Å². The number of ether oxygens (including phenoxy) is 1. The molecule has 0 radical (unpaired) electrons. The number of hydrogen-bond donors (Lipinski definition) is 2. The quantitative estimate of drug-likeness (QED) is 0.286. The first-order valence-electron chi connectivity index (χ1n) is 8.83. The second kappa shape index (κ2) is 8.79. The monoisotopic (exact) mass is 393 g/mol. The second-order valence-electron chi connectivity index (χ2n) is 5.92. The Labute approximate surface area is 166 Å². The lowest BCUT2D eigenvalue weighted by Gasteiger charge is -2.06. The molecule has 0 saturated heterocycles. The molecule has 1 aromatic heterocycles. The number of rotatable bonds is 6. The summed E-state index contributed by atoms with van der Waals surface area (Å²) in [7, 11) is 0. The van der Waals surface area contributed by atoms with Crippen molar-refractivity contribution in [1.82, 2.24) is 14.8 Å². The smallest absolute Gasteiger partial charge is 0.362 e. The van der Waals surface area contributed by atoms with Gasteiger partial charge in [0, 0.05) is 5.56 Å². The van der Waals surface area contributed by atoms with Crippen LogP contribution in [-0.2, 0) is 9.53 Å². The van der Waals surface area contributed by atoms with E-state index in [1.54, 1.807) is 31.2 Å². The summed E-state index contributed by atoms with van der Waals surface area (Å²) < 4.78 is 6.30. The van der Waals surface area contributed by atoms with Gasteiger partial charge in [-0.05, 0) is 50.2 Å². The van der Waals surface area contributed by atoms with E-state index in [4.69, 9.17) is 4.74 Å². The van der Waals surface area contributed by atoms with E-state index in [-0.39, 0.29) is 23.8 Å². The minimum absolute atomic E-state index is 0.159. The number of hydrogen-bond acceptors (Lipinski definition) is 7. The molecule has 29 heavy (non-hydrogen) atoms. The number of aromatic nitrogens is 3. The predicted octanol–water partition coefficient (Wildman–Crippen LogP) is 3.66. The Morgan fingerprint density at radius 3 is 2.48 bits per heavy atom. The number of benzene rings is 2. The topological polar surface area (TPSA) is 122 Å². The number of carbonyl (C=O) groups is 1. The summed E-state index contributed by atoms with van der Waals surface area (Å²) in [5, 5.41) is 23.9. The molecule has 2 aromatic carbocycles. The maximum atomic E-state index is 12.2. The number of H-pyrrole nitrogens is 1. The number of nitrogens with zero attached hydrogens (tertiary/aromatic N) is 4. The van der Waals surface area contributed by atoms with Crippen molar-refractivity contribution in [3.8, 4) is 17.1 Å². The highest BCUT2D eigenvalue weighted by Gasteiger charge is 2.14. The van der Waals surface area contributed by atoms with Gasteiger partial charge in [-0.15, -0.1) is 5.11 Å². The number of allylic oxidation sites excluding steroid dienone is 1. The number of nitrogens with one attached hydrogen (secondary N) is 1. The van der Waals surface area contributed by atoms with Crippen LogP contribution in [0.1, 0.15) is 13.8 Å². The molecular weight excluding hydrogens is 374 g/mol. The molecule has 0 fully saturated rings. The van der Waals surface area contributed by atoms with Crippen LogP contribution in [0.25, 0.3) is 17.1 Å². The Bertz CT molecular complexity index is 1110. The second-order valence-corrected chi connectivity index (χ2v) is 5.92. The maximum Gasteiger partial charge on any atom is 0.362 e. The van der Waals surface area contributed by atoms with Gasteiger partial charge in [0.2, 0.25) is 5.70 Å². The highest BCUT2D eigenvalue weighted by molar-refractivity contribution is 5.88. The van der Waals surface area contributed by atoms with Crippen LogP contribution in [0.2, 0.25) is 0 Å². The van der Waals surface area contributed by atoms with Gasteiger partial charge in [0.05, 0.1) is 18.0 Å². The number of aliphatic hydroxyl groups is 1. The van der Waals surface area contributed by atoms with Crippen LogP contribution < -0.4 is 5.69 Å². The third-order valence-corrected chi connectivity index (χ3v) is 3.89. The molecule has 0 amide bonds. The van der Waals surface area contributed by atoms with Gasteiger partial charge in [0.1, 0.15) is 5.76 Å². The van der Waals surface area contributed by atoms with Crippen molar-refractivity contribution >= 4 is 11.7 Å². The normalized spacial score (nSPS) is 12.1. The van der Waals surface area contributed by atoms with Crippen molar-refractivity contribution in [2.45, 2.75) is 13.8 Å². The van der Waals surface area contributed by atoms with Crippen molar-refractivity contribution < 1.29 is 14.6 Å². The SMILES string of the molecule is CCOC(=O)/C(N=Nc1ccc(-c2n[nH]c(=O)n2-c2ccccc2)cc1)=C(/C)O. The molecule has 0 saturated carbocycles. The molecule has 0 aliphatic rings. The summed E-state index contributed by atoms with van der Waals surface area (Å²) in [6.07, 6.45) is 0. The van der Waals surface area contributed by atoms with Crippen LogP contribution >= 0.6 is 0 Å². The molecule has 0 aliphatic heterocycles. The number of aromatic amines is 1. The van der Waals surface area contributed by atoms with Crippen molar-refractivity contribution in [2.75, 3.05) is 6.61 Å². The lowest BCUT2D eigenvalue weighted by atomic mass is 10.2. The van der Waals surface area contributed by atoms with Crippen LogP contribution in [-0.4, -0.2) is 32.4 Å². The Hall–Kier alpha value is -4.01. The number of aliphatic hydroxyl groups excluding tert-OH is 1. The molecule has 1 heterocycles. The standard InChI is InChI=1S/C20H19N5O4/c1-3-29-19(27)17(13(2)26)22-21-15-11-9-14(10-12-15)18-23-24-20(28)25(18)16-7-5-4-6-8-16/h4-12,26H,3H2,1-2H3,(H,24,28)/b17-13+,22-21?. The van der Waals surface area contributed by atoms with Gasteiger partial charge in [-0.25, -0.2) is 19.3 Å². The lowest BCUT2D eigenvalue weighted by molar-refractivity contribution is -0.138. The van der Waals surface area contributed by atoms with Gasteiger partial charge in [-0.3, -0.25) is 0 Å². The van der Waals surface area contributed by atoms with E-state index in [1.165, 1.54) is 11.5 Å². The molecular formula is C20H19N5O4. The van der Waals surface area contributed by atoms with Gasteiger partial charge in [-0.2, -0.15) is 10.2 Å². The Morgan fingerprint density at radius 1 is 1.17 bits per heavy atom. The molecule has 3 aromatic rings. The van der Waals surface area contributed by atoms with Gasteiger partial charge in [0.25, 0.3) is 0 Å². The van der Waals surface area contributed by atoms with E-state index in [0.717, 1.165) is 0 Å². The first-order valence-corrected chi connectivity index (χ1v) is 8.83. The molecule has 0 spiro atoms. The number of para-hydroxylation sites is 1. The van der Waals surface area contributed by atoms with Crippen LogP contribution in [0.3, 0.4) is 0 Å². The first kappa shape index (κ1) is 19.7. The van der Waals surface area contributed by atoms with E-state index in [1.807, 2.05) is 30.3 Å². The van der Waals surface area contributed by atoms with Crippen LogP contribution in [0, 0.1) is 0 Å². The molecule has 0 atom stereocenters. The fraction of sp³-hybridized carbons (Fsp3) is 0.150. The Balaban J connectivity index is 1.88. The van der Waals surface area contributed by atoms with Crippen LogP contribution in [0.4, 0.5) is 5.69 Å². The molecule has 0 unspecified atom stereocenters. The molecule has 9 heteroatoms. The molecule has 9 nitrogen and oxygen atoms in total. The fourth-order valence-corrected chi connectivity index (χ4v) is 2.55. The number of carbonyl (C=O) groups excluding carboxylic acids is 1. The summed E-state index contributed by atoms with van der Waals surface area (Å²) in [5.74, 6) is -0.591. The number of esters is 1. The number of azo groups is 1. The summed E-state index contributed by atoms with van der Waals surface area (Å²) in [6.45, 7) is 3.14. The summed E-state index contributed by atoms with van der Waals surface area (Å²) in [4.78, 5) is 24.0. The molecule has 2 N–H and O–H groups in total. The Kier molecular flexibility index (Phi) is 5.98. The van der Waals surface area contributed by atoms with Crippen LogP contribution in [0.15, 0.2) is 81.1 Å². The minimum Gasteiger partial charge on any atom is -0.510 e. The van der Waals surface area contributed by atoms with Crippen LogP contribution in [0.5, 0.6) is 0 Å². The Morgan fingerprint density at radius 2 is 1.86 bits per heavy atom. The van der Waals surface area contributed by atoms with Crippen molar-refractivity contribution in [1.29, 1.82) is 0 Å². The van der Waals surface area contributed by atoms with E-state index in [2.05, 4.69) is 20.4 Å².